The van der Waals surface area contributed by atoms with Crippen molar-refractivity contribution in [2.75, 3.05) is 5.32 Å². The summed E-state index contributed by atoms with van der Waals surface area (Å²) in [6.45, 7) is 0. The average molecular weight is 210 g/mol. The van der Waals surface area contributed by atoms with Gasteiger partial charge < -0.3 is 11.1 Å². The lowest BCUT2D eigenvalue weighted by molar-refractivity contribution is -0.120. The molecule has 1 aromatic heterocycles. The first-order valence-corrected chi connectivity index (χ1v) is 5.80. The molecule has 1 aliphatic carbocycles. The Morgan fingerprint density at radius 2 is 2.43 bits per heavy atom. The van der Waals surface area contributed by atoms with Gasteiger partial charge in [0.1, 0.15) is 0 Å². The predicted octanol–water partition coefficient (Wildman–Crippen LogP) is 1.81. The SMILES string of the molecule is NC1CCCC1C(=O)Nc1ccsc1. The highest BCUT2D eigenvalue weighted by Gasteiger charge is 2.30. The van der Waals surface area contributed by atoms with Crippen molar-refractivity contribution in [2.24, 2.45) is 11.7 Å². The first-order chi connectivity index (χ1) is 6.77. The van der Waals surface area contributed by atoms with Crippen LogP contribution in [0.1, 0.15) is 19.3 Å². The van der Waals surface area contributed by atoms with Gasteiger partial charge in [-0.25, -0.2) is 0 Å². The summed E-state index contributed by atoms with van der Waals surface area (Å²) in [6, 6.07) is 1.96. The summed E-state index contributed by atoms with van der Waals surface area (Å²) in [4.78, 5) is 11.7. The molecule has 4 heteroatoms. The summed E-state index contributed by atoms with van der Waals surface area (Å²) in [5, 5.41) is 6.76. The lowest BCUT2D eigenvalue weighted by Gasteiger charge is -2.14. The molecule has 0 radical (unpaired) electrons. The predicted molar refractivity (Wildman–Crippen MR) is 58.3 cm³/mol. The fraction of sp³-hybridized carbons (Fsp3) is 0.500. The highest BCUT2D eigenvalue weighted by Crippen LogP contribution is 2.25. The van der Waals surface area contributed by atoms with E-state index in [1.165, 1.54) is 0 Å². The van der Waals surface area contributed by atoms with Crippen LogP contribution in [0, 0.1) is 5.92 Å². The molecule has 0 aliphatic heterocycles. The largest absolute Gasteiger partial charge is 0.327 e. The number of amides is 1. The molecule has 2 rings (SSSR count). The lowest BCUT2D eigenvalue weighted by Crippen LogP contribution is -2.34. The third-order valence-corrected chi connectivity index (χ3v) is 3.38. The van der Waals surface area contributed by atoms with E-state index in [9.17, 15) is 4.79 Å². The number of carbonyl (C=O) groups excluding carboxylic acids is 1. The van der Waals surface area contributed by atoms with E-state index in [2.05, 4.69) is 5.32 Å². The van der Waals surface area contributed by atoms with Crippen molar-refractivity contribution >= 4 is 22.9 Å². The number of hydrogen-bond acceptors (Lipinski definition) is 3. The van der Waals surface area contributed by atoms with Crippen LogP contribution in [0.5, 0.6) is 0 Å². The van der Waals surface area contributed by atoms with E-state index in [0.717, 1.165) is 24.9 Å². The third-order valence-electron chi connectivity index (χ3n) is 2.69. The molecule has 1 amide bonds. The Hall–Kier alpha value is -0.870. The van der Waals surface area contributed by atoms with Crippen LogP contribution in [0.15, 0.2) is 16.8 Å². The van der Waals surface area contributed by atoms with Gasteiger partial charge in [0, 0.05) is 11.4 Å². The molecular weight excluding hydrogens is 196 g/mol. The van der Waals surface area contributed by atoms with Gasteiger partial charge in [-0.1, -0.05) is 6.42 Å². The molecule has 14 heavy (non-hydrogen) atoms. The highest BCUT2D eigenvalue weighted by molar-refractivity contribution is 7.08. The van der Waals surface area contributed by atoms with Gasteiger partial charge in [-0.3, -0.25) is 4.79 Å². The van der Waals surface area contributed by atoms with Crippen LogP contribution in [0.25, 0.3) is 0 Å². The van der Waals surface area contributed by atoms with Crippen LogP contribution in [-0.2, 0) is 4.79 Å². The van der Waals surface area contributed by atoms with Gasteiger partial charge in [0.2, 0.25) is 5.91 Å². The summed E-state index contributed by atoms with van der Waals surface area (Å²) < 4.78 is 0. The summed E-state index contributed by atoms with van der Waals surface area (Å²) in [7, 11) is 0. The zero-order chi connectivity index (χ0) is 9.97. The van der Waals surface area contributed by atoms with E-state index in [1.54, 1.807) is 11.3 Å². The second kappa shape index (κ2) is 4.11. The smallest absolute Gasteiger partial charge is 0.229 e. The van der Waals surface area contributed by atoms with E-state index in [1.807, 2.05) is 16.8 Å². The molecule has 3 nitrogen and oxygen atoms in total. The fourth-order valence-corrected chi connectivity index (χ4v) is 2.47. The molecule has 76 valence electrons. The summed E-state index contributed by atoms with van der Waals surface area (Å²) in [6.07, 6.45) is 2.97. The maximum Gasteiger partial charge on any atom is 0.229 e. The van der Waals surface area contributed by atoms with Gasteiger partial charge >= 0.3 is 0 Å². The molecule has 1 saturated carbocycles. The van der Waals surface area contributed by atoms with Gasteiger partial charge in [-0.2, -0.15) is 11.3 Å². The first kappa shape index (κ1) is 9.68. The number of rotatable bonds is 2. The molecule has 2 atom stereocenters. The molecule has 0 aromatic carbocycles. The third kappa shape index (κ3) is 1.96. The average Bonchev–Trinajstić information content (AvgIpc) is 2.75. The molecule has 0 spiro atoms. The molecule has 0 saturated heterocycles. The Kier molecular flexibility index (Phi) is 2.84. The second-order valence-electron chi connectivity index (χ2n) is 3.70. The van der Waals surface area contributed by atoms with Crippen molar-refractivity contribution in [1.29, 1.82) is 0 Å². The number of nitrogens with one attached hydrogen (secondary N) is 1. The molecule has 0 bridgehead atoms. The van der Waals surface area contributed by atoms with Gasteiger partial charge in [-0.15, -0.1) is 0 Å². The summed E-state index contributed by atoms with van der Waals surface area (Å²) >= 11 is 1.58. The topological polar surface area (TPSA) is 55.1 Å². The lowest BCUT2D eigenvalue weighted by atomic mass is 10.0. The maximum atomic E-state index is 11.7. The van der Waals surface area contributed by atoms with Gasteiger partial charge in [-0.05, 0) is 24.3 Å². The standard InChI is InChI=1S/C10H14N2OS/c11-9-3-1-2-8(9)10(13)12-7-4-5-14-6-7/h4-6,8-9H,1-3,11H2,(H,12,13). The Morgan fingerprint density at radius 1 is 1.57 bits per heavy atom. The monoisotopic (exact) mass is 210 g/mol. The second-order valence-corrected chi connectivity index (χ2v) is 4.48. The molecular formula is C10H14N2OS. The molecule has 3 N–H and O–H groups in total. The van der Waals surface area contributed by atoms with Gasteiger partial charge in [0.15, 0.2) is 0 Å². The van der Waals surface area contributed by atoms with Gasteiger partial charge in [0.05, 0.1) is 11.6 Å². The Morgan fingerprint density at radius 3 is 3.00 bits per heavy atom. The van der Waals surface area contributed by atoms with Crippen molar-refractivity contribution in [3.63, 3.8) is 0 Å². The van der Waals surface area contributed by atoms with E-state index in [-0.39, 0.29) is 17.9 Å². The first-order valence-electron chi connectivity index (χ1n) is 4.86. The Labute approximate surface area is 87.3 Å². The minimum Gasteiger partial charge on any atom is -0.327 e. The van der Waals surface area contributed by atoms with Crippen molar-refractivity contribution in [1.82, 2.24) is 0 Å². The number of thiophene rings is 1. The quantitative estimate of drug-likeness (QED) is 0.782. The van der Waals surface area contributed by atoms with Crippen molar-refractivity contribution in [2.45, 2.75) is 25.3 Å². The van der Waals surface area contributed by atoms with Crippen molar-refractivity contribution in [3.05, 3.63) is 16.8 Å². The van der Waals surface area contributed by atoms with E-state index < -0.39 is 0 Å². The van der Waals surface area contributed by atoms with Crippen LogP contribution in [0.3, 0.4) is 0 Å². The molecule has 2 unspecified atom stereocenters. The summed E-state index contributed by atoms with van der Waals surface area (Å²) in [5.41, 5.74) is 6.74. The summed E-state index contributed by atoms with van der Waals surface area (Å²) in [5.74, 6) is 0.0864. The fourth-order valence-electron chi connectivity index (χ4n) is 1.88. The minimum absolute atomic E-state index is 0.00917. The Balaban J connectivity index is 1.95. The zero-order valence-corrected chi connectivity index (χ0v) is 8.72. The minimum atomic E-state index is 0.00917. The van der Waals surface area contributed by atoms with E-state index in [0.29, 0.717) is 0 Å². The number of anilines is 1. The van der Waals surface area contributed by atoms with Crippen LogP contribution in [0.2, 0.25) is 0 Å². The zero-order valence-electron chi connectivity index (χ0n) is 7.90. The number of nitrogens with two attached hydrogens (primary N) is 1. The number of hydrogen-bond donors (Lipinski definition) is 2. The van der Waals surface area contributed by atoms with Crippen LogP contribution in [-0.4, -0.2) is 11.9 Å². The van der Waals surface area contributed by atoms with E-state index >= 15 is 0 Å². The van der Waals surface area contributed by atoms with Crippen LogP contribution >= 0.6 is 11.3 Å². The van der Waals surface area contributed by atoms with Gasteiger partial charge in [0.25, 0.3) is 0 Å². The van der Waals surface area contributed by atoms with Crippen LogP contribution < -0.4 is 11.1 Å². The molecule has 1 fully saturated rings. The Bertz CT molecular complexity index is 310. The van der Waals surface area contributed by atoms with Crippen LogP contribution in [0.4, 0.5) is 5.69 Å². The van der Waals surface area contributed by atoms with E-state index in [4.69, 9.17) is 5.73 Å². The molecule has 1 aromatic rings. The molecule has 1 aliphatic rings. The maximum absolute atomic E-state index is 11.7. The van der Waals surface area contributed by atoms with Crippen molar-refractivity contribution in [3.8, 4) is 0 Å². The number of carbonyl (C=O) groups is 1. The molecule has 1 heterocycles. The normalized spacial score (nSPS) is 26.4. The highest BCUT2D eigenvalue weighted by atomic mass is 32.1. The van der Waals surface area contributed by atoms with Crippen molar-refractivity contribution < 1.29 is 4.79 Å².